The number of β-lactam (4-membered cyclic amide) rings is 1. The molecule has 0 aliphatic carbocycles. The van der Waals surface area contributed by atoms with Crippen molar-refractivity contribution in [2.24, 2.45) is 5.16 Å². The number of halogens is 9. The quantitative estimate of drug-likeness (QED) is 0.0606. The summed E-state index contributed by atoms with van der Waals surface area (Å²) in [6.45, 7) is -0.459. The molecular formula is C35H33F9N8O12S2. The lowest BCUT2D eigenvalue weighted by atomic mass is 10.0. The number of alkyl halides is 7. The normalized spacial score (nSPS) is 17.7. The van der Waals surface area contributed by atoms with Crippen LogP contribution in [0.5, 0.6) is 0 Å². The smallest absolute Gasteiger partial charge is 0.477 e. The van der Waals surface area contributed by atoms with E-state index < -0.39 is 113 Å². The van der Waals surface area contributed by atoms with E-state index in [0.29, 0.717) is 26.2 Å². The molecule has 6 rings (SSSR count). The number of esters is 1. The third-order valence-corrected chi connectivity index (χ3v) is 11.2. The molecule has 0 bridgehead atoms. The van der Waals surface area contributed by atoms with Crippen molar-refractivity contribution in [3.8, 4) is 0 Å². The molecule has 0 saturated carbocycles. The first-order valence-electron chi connectivity index (χ1n) is 18.1. The predicted molar refractivity (Wildman–Crippen MR) is 211 cm³/mol. The Morgan fingerprint density at radius 3 is 2.09 bits per heavy atom. The number of carbonyl (C=O) groups excluding carboxylic acids is 3. The molecule has 3 aliphatic heterocycles. The second kappa shape index (κ2) is 21.1. The number of carboxylic acid groups (broad SMARTS) is 3. The van der Waals surface area contributed by atoms with Gasteiger partial charge in [0.05, 0.1) is 17.4 Å². The molecule has 0 spiro atoms. The third-order valence-electron chi connectivity index (χ3n) is 9.16. The van der Waals surface area contributed by atoms with Crippen LogP contribution in [0, 0.1) is 11.6 Å². The summed E-state index contributed by atoms with van der Waals surface area (Å²) in [6, 6.07) is -0.345. The summed E-state index contributed by atoms with van der Waals surface area (Å²) >= 11 is 2.12. The zero-order chi connectivity index (χ0) is 49.6. The van der Waals surface area contributed by atoms with Gasteiger partial charge in [0.2, 0.25) is 5.43 Å². The fourth-order valence-electron chi connectivity index (χ4n) is 6.14. The van der Waals surface area contributed by atoms with Crippen LogP contribution in [0.2, 0.25) is 0 Å². The molecule has 1 aromatic carbocycles. The van der Waals surface area contributed by atoms with Crippen molar-refractivity contribution in [1.82, 2.24) is 24.7 Å². The van der Waals surface area contributed by atoms with Gasteiger partial charge in [-0.3, -0.25) is 19.3 Å². The molecule has 3 aliphatic rings. The maximum absolute atomic E-state index is 15.9. The van der Waals surface area contributed by atoms with E-state index in [9.17, 15) is 59.8 Å². The van der Waals surface area contributed by atoms with E-state index in [1.54, 1.807) is 0 Å². The van der Waals surface area contributed by atoms with Crippen molar-refractivity contribution in [2.75, 3.05) is 70.0 Å². The molecule has 2 amide bonds. The van der Waals surface area contributed by atoms with Gasteiger partial charge in [-0.2, -0.15) is 26.3 Å². The van der Waals surface area contributed by atoms with E-state index >= 15 is 8.78 Å². The molecule has 5 heterocycles. The van der Waals surface area contributed by atoms with Crippen molar-refractivity contribution in [2.45, 2.75) is 30.3 Å². The van der Waals surface area contributed by atoms with E-state index in [4.69, 9.17) is 35.1 Å². The number of carbonyl (C=O) groups is 6. The molecule has 31 heteroatoms. The lowest BCUT2D eigenvalue weighted by Gasteiger charge is -2.49. The Morgan fingerprint density at radius 1 is 1.00 bits per heavy atom. The summed E-state index contributed by atoms with van der Waals surface area (Å²) in [4.78, 5) is 96.2. The summed E-state index contributed by atoms with van der Waals surface area (Å²) in [5.41, 5.74) is 2.53. The SMILES string of the molecule is CO/N=C(\C(=O)N[C@@H]1C(=O)N2C(C(=O)O)=C(COC(=O)c3cn(CCF)c4c(F)c(N5CCN(C)CC5)c(F)cc4c3=O)CS[C@H]12)c1csc(N)n1.O=C(O)C(F)(F)F.O=C(O)C(F)(F)F. The van der Waals surface area contributed by atoms with E-state index in [2.05, 4.69) is 15.5 Å². The first kappa shape index (κ1) is 52.0. The molecule has 66 heavy (non-hydrogen) atoms. The number of piperazine rings is 1. The highest BCUT2D eigenvalue weighted by Crippen LogP contribution is 2.40. The number of ether oxygens (including phenoxy) is 1. The van der Waals surface area contributed by atoms with E-state index in [1.165, 1.54) is 17.4 Å². The number of anilines is 2. The van der Waals surface area contributed by atoms with Crippen LogP contribution in [-0.4, -0.2) is 159 Å². The Bertz CT molecular complexity index is 2500. The van der Waals surface area contributed by atoms with Crippen molar-refractivity contribution in [1.29, 1.82) is 0 Å². The molecule has 3 aromatic rings. The molecule has 2 saturated heterocycles. The number of nitrogens with zero attached hydrogens (tertiary/aromatic N) is 6. The van der Waals surface area contributed by atoms with Crippen LogP contribution < -0.4 is 21.4 Å². The summed E-state index contributed by atoms with van der Waals surface area (Å²) in [7, 11) is 3.08. The number of nitrogens with one attached hydrogen (secondary N) is 1. The fraction of sp³-hybridized carbons (Fsp3) is 0.400. The third kappa shape index (κ3) is 11.8. The Labute approximate surface area is 371 Å². The number of aromatic nitrogens is 2. The van der Waals surface area contributed by atoms with Crippen LogP contribution in [-0.2, 0) is 40.1 Å². The highest BCUT2D eigenvalue weighted by atomic mass is 32.2. The molecule has 2 fully saturated rings. The minimum absolute atomic E-state index is 0.00131. The fourth-order valence-corrected chi connectivity index (χ4v) is 8.01. The van der Waals surface area contributed by atoms with Crippen molar-refractivity contribution < 1.29 is 93.2 Å². The molecule has 360 valence electrons. The Kier molecular flexibility index (Phi) is 16.6. The summed E-state index contributed by atoms with van der Waals surface area (Å²) in [5.74, 6) is -12.1. The Morgan fingerprint density at radius 2 is 1.59 bits per heavy atom. The van der Waals surface area contributed by atoms with Gasteiger partial charge >= 0.3 is 36.2 Å². The number of aliphatic carboxylic acids is 3. The molecule has 0 unspecified atom stereocenters. The van der Waals surface area contributed by atoms with Gasteiger partial charge in [0.25, 0.3) is 11.8 Å². The molecule has 6 N–H and O–H groups in total. The van der Waals surface area contributed by atoms with Gasteiger partial charge in [0.1, 0.15) is 60.3 Å². The maximum atomic E-state index is 15.9. The highest BCUT2D eigenvalue weighted by Gasteiger charge is 2.54. The second-order valence-corrected chi connectivity index (χ2v) is 15.5. The van der Waals surface area contributed by atoms with Crippen LogP contribution >= 0.6 is 23.1 Å². The lowest BCUT2D eigenvalue weighted by Crippen LogP contribution is -2.71. The number of thioether (sulfide) groups is 1. The topological polar surface area (TPSA) is 277 Å². The van der Waals surface area contributed by atoms with E-state index in [1.807, 2.05) is 11.9 Å². The summed E-state index contributed by atoms with van der Waals surface area (Å²) in [5, 5.41) is 30.7. The predicted octanol–water partition coefficient (Wildman–Crippen LogP) is 2.25. The number of rotatable bonds is 11. The number of likely N-dealkylation sites (N-methyl/N-ethyl adjacent to an activating group) is 1. The number of hydrogen-bond acceptors (Lipinski definition) is 16. The number of nitrogen functional groups attached to an aromatic ring is 1. The number of nitrogens with two attached hydrogens (primary N) is 1. The van der Waals surface area contributed by atoms with Gasteiger partial charge in [-0.1, -0.05) is 5.16 Å². The average molecular weight is 993 g/mol. The van der Waals surface area contributed by atoms with E-state index in [-0.39, 0.29) is 39.1 Å². The number of thiazole rings is 1. The number of pyridine rings is 1. The average Bonchev–Trinajstić information content (AvgIpc) is 3.67. The minimum atomic E-state index is -5.08. The molecule has 0 radical (unpaired) electrons. The summed E-state index contributed by atoms with van der Waals surface area (Å²) < 4.78 is 115. The number of fused-ring (bicyclic) bond motifs is 2. The van der Waals surface area contributed by atoms with Gasteiger partial charge in [0, 0.05) is 49.1 Å². The Hall–Kier alpha value is -6.63. The van der Waals surface area contributed by atoms with Gasteiger partial charge in [-0.15, -0.1) is 23.1 Å². The van der Waals surface area contributed by atoms with Crippen LogP contribution in [0.25, 0.3) is 10.9 Å². The number of amides is 2. The van der Waals surface area contributed by atoms with Crippen LogP contribution in [0.1, 0.15) is 16.1 Å². The van der Waals surface area contributed by atoms with E-state index in [0.717, 1.165) is 44.8 Å². The van der Waals surface area contributed by atoms with Crippen LogP contribution in [0.4, 0.5) is 50.3 Å². The summed E-state index contributed by atoms with van der Waals surface area (Å²) in [6.07, 6.45) is -9.24. The molecule has 2 aromatic heterocycles. The van der Waals surface area contributed by atoms with Crippen molar-refractivity contribution in [3.05, 3.63) is 62.0 Å². The minimum Gasteiger partial charge on any atom is -0.477 e. The van der Waals surface area contributed by atoms with Gasteiger partial charge in [0.15, 0.2) is 16.7 Å². The number of carboxylic acids is 3. The number of aryl methyl sites for hydroxylation is 1. The first-order valence-corrected chi connectivity index (χ1v) is 20.0. The molecular weight excluding hydrogens is 960 g/mol. The van der Waals surface area contributed by atoms with Gasteiger partial charge in [-0.25, -0.2) is 37.3 Å². The monoisotopic (exact) mass is 992 g/mol. The van der Waals surface area contributed by atoms with Gasteiger partial charge < -0.3 is 50.3 Å². The van der Waals surface area contributed by atoms with Crippen molar-refractivity contribution >= 4 is 86.2 Å². The Balaban J connectivity index is 0.000000590. The zero-order valence-electron chi connectivity index (χ0n) is 33.5. The lowest BCUT2D eigenvalue weighted by molar-refractivity contribution is -0.193. The molecule has 20 nitrogen and oxygen atoms in total. The maximum Gasteiger partial charge on any atom is 0.490 e. The molecule has 2 atom stereocenters. The second-order valence-electron chi connectivity index (χ2n) is 13.5. The first-order chi connectivity index (χ1) is 30.7. The van der Waals surface area contributed by atoms with Gasteiger partial charge in [-0.05, 0) is 13.1 Å². The highest BCUT2D eigenvalue weighted by molar-refractivity contribution is 8.00. The van der Waals surface area contributed by atoms with Crippen LogP contribution in [0.3, 0.4) is 0 Å². The number of oxime groups is 1. The number of hydrogen-bond donors (Lipinski definition) is 5. The van der Waals surface area contributed by atoms with Crippen LogP contribution in [0.15, 0.2) is 38.9 Å². The number of benzene rings is 1. The largest absolute Gasteiger partial charge is 0.490 e. The van der Waals surface area contributed by atoms with Crippen molar-refractivity contribution in [3.63, 3.8) is 0 Å². The standard InChI is InChI=1S/C31H31F3N8O8S2.2C2HF3O2/c1-39-5-7-40(8-6-39)24-17(33)9-15-23(19(24)34)41(4-3-32)10-16(25(15)43)30(48)50-11-14-12-51-28-21(27(45)42(28)22(14)29(46)47)37-26(44)20(38-49-2)18-13-52-31(35)36-18;2*3-2(4,5)1(6)7/h9-10,13,21,28H,3-8,11-12H2,1-2H3,(H2,35,36)(H,37,44)(H,46,47);2*(H,6,7)/b38-20-;;/t21-,28-;;/m1../s1. The zero-order valence-corrected chi connectivity index (χ0v) is 35.2.